The van der Waals surface area contributed by atoms with E-state index in [0.29, 0.717) is 13.0 Å². The zero-order chi connectivity index (χ0) is 14.8. The summed E-state index contributed by atoms with van der Waals surface area (Å²) in [5, 5.41) is 5.01. The predicted molar refractivity (Wildman–Crippen MR) is 78.6 cm³/mol. The van der Waals surface area contributed by atoms with Gasteiger partial charge in [-0.05, 0) is 40.3 Å². The van der Waals surface area contributed by atoms with Crippen LogP contribution < -0.4 is 0 Å². The summed E-state index contributed by atoms with van der Waals surface area (Å²) in [5.41, 5.74) is 1.58. The van der Waals surface area contributed by atoms with E-state index in [-0.39, 0.29) is 0 Å². The van der Waals surface area contributed by atoms with Gasteiger partial charge in [0.15, 0.2) is 5.58 Å². The van der Waals surface area contributed by atoms with Crippen LogP contribution in [-0.4, -0.2) is 49.3 Å². The molecule has 0 N–H and O–H groups in total. The summed E-state index contributed by atoms with van der Waals surface area (Å²) in [6.45, 7) is 0.324. The maximum absolute atomic E-state index is 12.6. The van der Waals surface area contributed by atoms with Crippen molar-refractivity contribution in [2.24, 2.45) is 0 Å². The first kappa shape index (κ1) is 15.2. The van der Waals surface area contributed by atoms with E-state index in [0.717, 1.165) is 16.7 Å². The molecule has 0 saturated carbocycles. The summed E-state index contributed by atoms with van der Waals surface area (Å²) in [6.07, 6.45) is 0.558. The van der Waals surface area contributed by atoms with E-state index in [1.165, 1.54) is 0 Å². The van der Waals surface area contributed by atoms with Gasteiger partial charge in [-0.3, -0.25) is 4.57 Å². The predicted octanol–water partition coefficient (Wildman–Crippen LogP) is 2.62. The summed E-state index contributed by atoms with van der Waals surface area (Å²) in [7, 11) is 4.04. The zero-order valence-electron chi connectivity index (χ0n) is 12.2. The quantitative estimate of drug-likeness (QED) is 0.764. The van der Waals surface area contributed by atoms with E-state index in [1.807, 2.05) is 24.3 Å². The summed E-state index contributed by atoms with van der Waals surface area (Å²) < 4.78 is 26.6. The third-order valence-electron chi connectivity index (χ3n) is 3.06. The Morgan fingerprint density at radius 1 is 1.20 bits per heavy atom. The molecule has 0 unspecified atom stereocenters. The molecule has 2 rings (SSSR count). The van der Waals surface area contributed by atoms with Crippen molar-refractivity contribution in [2.45, 2.75) is 6.42 Å². The standard InChI is InChI=1S/C13H20N3O3P/c1-15(2)20(17,16(3)4)18-10-9-12-11-7-5-6-8-13(11)19-14-12/h5-8H,9-10H2,1-4H3. The van der Waals surface area contributed by atoms with E-state index in [9.17, 15) is 4.57 Å². The lowest BCUT2D eigenvalue weighted by molar-refractivity contribution is 0.246. The number of para-hydroxylation sites is 1. The number of hydrogen-bond acceptors (Lipinski definition) is 4. The summed E-state index contributed by atoms with van der Waals surface area (Å²) in [4.78, 5) is 0. The van der Waals surface area contributed by atoms with E-state index in [2.05, 4.69) is 5.16 Å². The fraction of sp³-hybridized carbons (Fsp3) is 0.462. The molecule has 0 radical (unpaired) electrons. The number of fused-ring (bicyclic) bond motifs is 1. The van der Waals surface area contributed by atoms with Gasteiger partial charge in [0.25, 0.3) is 0 Å². The molecule has 6 nitrogen and oxygen atoms in total. The molecular weight excluding hydrogens is 277 g/mol. The minimum atomic E-state index is -2.93. The van der Waals surface area contributed by atoms with Gasteiger partial charge in [0.05, 0.1) is 12.3 Å². The fourth-order valence-electron chi connectivity index (χ4n) is 1.97. The third-order valence-corrected chi connectivity index (χ3v) is 5.60. The summed E-state index contributed by atoms with van der Waals surface area (Å²) in [6, 6.07) is 7.67. The highest BCUT2D eigenvalue weighted by atomic mass is 31.2. The van der Waals surface area contributed by atoms with Crippen molar-refractivity contribution >= 4 is 18.6 Å². The number of benzene rings is 1. The molecular formula is C13H20N3O3P. The van der Waals surface area contributed by atoms with Crippen molar-refractivity contribution in [2.75, 3.05) is 34.8 Å². The first-order valence-corrected chi connectivity index (χ1v) is 7.91. The van der Waals surface area contributed by atoms with Crippen LogP contribution >= 0.6 is 7.67 Å². The van der Waals surface area contributed by atoms with E-state index in [1.54, 1.807) is 37.5 Å². The van der Waals surface area contributed by atoms with Crippen LogP contribution in [-0.2, 0) is 15.5 Å². The van der Waals surface area contributed by atoms with Crippen LogP contribution in [0.5, 0.6) is 0 Å². The summed E-state index contributed by atoms with van der Waals surface area (Å²) in [5.74, 6) is 0. The normalized spacial score (nSPS) is 12.7. The second-order valence-corrected chi connectivity index (χ2v) is 7.73. The number of rotatable bonds is 6. The van der Waals surface area contributed by atoms with Gasteiger partial charge in [0.2, 0.25) is 0 Å². The monoisotopic (exact) mass is 297 g/mol. The van der Waals surface area contributed by atoms with Crippen LogP contribution in [0.3, 0.4) is 0 Å². The molecule has 0 spiro atoms. The third kappa shape index (κ3) is 2.94. The Morgan fingerprint density at radius 3 is 2.50 bits per heavy atom. The van der Waals surface area contributed by atoms with Crippen molar-refractivity contribution < 1.29 is 13.6 Å². The van der Waals surface area contributed by atoms with Crippen LogP contribution in [0.1, 0.15) is 5.69 Å². The highest BCUT2D eigenvalue weighted by Gasteiger charge is 2.29. The van der Waals surface area contributed by atoms with Crippen molar-refractivity contribution in [3.8, 4) is 0 Å². The van der Waals surface area contributed by atoms with Crippen molar-refractivity contribution in [1.82, 2.24) is 14.5 Å². The van der Waals surface area contributed by atoms with Crippen molar-refractivity contribution in [3.05, 3.63) is 30.0 Å². The van der Waals surface area contributed by atoms with Gasteiger partial charge in [-0.2, -0.15) is 0 Å². The van der Waals surface area contributed by atoms with Crippen molar-refractivity contribution in [1.29, 1.82) is 0 Å². The number of aromatic nitrogens is 1. The van der Waals surface area contributed by atoms with E-state index < -0.39 is 7.67 Å². The van der Waals surface area contributed by atoms with Gasteiger partial charge >= 0.3 is 7.67 Å². The smallest absolute Gasteiger partial charge is 0.345 e. The average Bonchev–Trinajstić information content (AvgIpc) is 2.81. The molecule has 7 heteroatoms. The Balaban J connectivity index is 2.04. The molecule has 1 heterocycles. The SMILES string of the molecule is CN(C)P(=O)(OCCc1noc2ccccc12)N(C)C. The molecule has 20 heavy (non-hydrogen) atoms. The van der Waals surface area contributed by atoms with Crippen LogP contribution in [0.4, 0.5) is 0 Å². The minimum Gasteiger partial charge on any atom is -0.356 e. The minimum absolute atomic E-state index is 0.324. The second kappa shape index (κ2) is 6.06. The molecule has 0 aliphatic heterocycles. The summed E-state index contributed by atoms with van der Waals surface area (Å²) >= 11 is 0. The Hall–Kier alpha value is -1.20. The lowest BCUT2D eigenvalue weighted by Crippen LogP contribution is -2.23. The lowest BCUT2D eigenvalue weighted by Gasteiger charge is -2.29. The van der Waals surface area contributed by atoms with E-state index in [4.69, 9.17) is 9.05 Å². The largest absolute Gasteiger partial charge is 0.356 e. The van der Waals surface area contributed by atoms with Gasteiger partial charge in [0.1, 0.15) is 0 Å². The molecule has 0 fully saturated rings. The van der Waals surface area contributed by atoms with Crippen LogP contribution in [0.15, 0.2) is 28.8 Å². The molecule has 0 amide bonds. The van der Waals surface area contributed by atoms with Gasteiger partial charge in [0, 0.05) is 11.8 Å². The molecule has 0 atom stereocenters. The molecule has 0 bridgehead atoms. The van der Waals surface area contributed by atoms with Gasteiger partial charge in [-0.1, -0.05) is 17.3 Å². The zero-order valence-corrected chi connectivity index (χ0v) is 13.1. The first-order valence-electron chi connectivity index (χ1n) is 6.38. The van der Waals surface area contributed by atoms with Crippen LogP contribution in [0, 0.1) is 0 Å². The van der Waals surface area contributed by atoms with Crippen molar-refractivity contribution in [3.63, 3.8) is 0 Å². The molecule has 1 aromatic heterocycles. The second-order valence-electron chi connectivity index (χ2n) is 4.89. The molecule has 0 saturated heterocycles. The fourth-order valence-corrected chi connectivity index (χ4v) is 3.47. The maximum Gasteiger partial charge on any atom is 0.345 e. The molecule has 0 aliphatic carbocycles. The van der Waals surface area contributed by atoms with E-state index >= 15 is 0 Å². The highest BCUT2D eigenvalue weighted by Crippen LogP contribution is 2.50. The lowest BCUT2D eigenvalue weighted by atomic mass is 10.2. The Kier molecular flexibility index (Phi) is 4.60. The van der Waals surface area contributed by atoms with Crippen LogP contribution in [0.2, 0.25) is 0 Å². The highest BCUT2D eigenvalue weighted by molar-refractivity contribution is 7.53. The number of hydrogen-bond donors (Lipinski definition) is 0. The first-order chi connectivity index (χ1) is 9.45. The molecule has 1 aromatic carbocycles. The molecule has 0 aliphatic rings. The van der Waals surface area contributed by atoms with Gasteiger partial charge in [-0.25, -0.2) is 9.34 Å². The van der Waals surface area contributed by atoms with Gasteiger partial charge in [-0.15, -0.1) is 0 Å². The van der Waals surface area contributed by atoms with Crippen LogP contribution in [0.25, 0.3) is 11.0 Å². The number of nitrogens with zero attached hydrogens (tertiary/aromatic N) is 3. The topological polar surface area (TPSA) is 58.8 Å². The van der Waals surface area contributed by atoms with Gasteiger partial charge < -0.3 is 9.05 Å². The Bertz CT molecular complexity index is 612. The maximum atomic E-state index is 12.6. The average molecular weight is 297 g/mol. The Morgan fingerprint density at radius 2 is 1.85 bits per heavy atom. The Labute approximate surface area is 118 Å². The molecule has 110 valence electrons. The molecule has 2 aromatic rings.